The first-order valence-corrected chi connectivity index (χ1v) is 6.92. The summed E-state index contributed by atoms with van der Waals surface area (Å²) < 4.78 is 0. The van der Waals surface area contributed by atoms with Gasteiger partial charge in [0.25, 0.3) is 0 Å². The number of hydrogen-bond donors (Lipinski definition) is 1. The summed E-state index contributed by atoms with van der Waals surface area (Å²) in [5.41, 5.74) is 0. The van der Waals surface area contributed by atoms with Crippen LogP contribution < -0.4 is 0 Å². The van der Waals surface area contributed by atoms with Gasteiger partial charge in [-0.3, -0.25) is 0 Å². The molecule has 1 aliphatic rings. The Labute approximate surface area is 95.3 Å². The first-order valence-electron chi connectivity index (χ1n) is 6.92. The van der Waals surface area contributed by atoms with Gasteiger partial charge in [0, 0.05) is 0 Å². The lowest BCUT2D eigenvalue weighted by Crippen LogP contribution is -2.23. The van der Waals surface area contributed by atoms with Gasteiger partial charge in [-0.15, -0.1) is 0 Å². The van der Waals surface area contributed by atoms with Crippen LogP contribution in [-0.4, -0.2) is 11.2 Å². The number of aliphatic hydroxyl groups is 1. The van der Waals surface area contributed by atoms with E-state index in [1.807, 2.05) is 0 Å². The van der Waals surface area contributed by atoms with Crippen LogP contribution in [0.2, 0.25) is 0 Å². The highest BCUT2D eigenvalue weighted by Gasteiger charge is 2.21. The molecule has 0 spiro atoms. The highest BCUT2D eigenvalue weighted by atomic mass is 16.3. The third-order valence-corrected chi connectivity index (χ3v) is 4.03. The molecular weight excluding hydrogens is 184 g/mol. The van der Waals surface area contributed by atoms with E-state index in [1.165, 1.54) is 51.4 Å². The zero-order chi connectivity index (χ0) is 11.1. The van der Waals surface area contributed by atoms with Crippen LogP contribution in [-0.2, 0) is 0 Å². The molecule has 1 saturated carbocycles. The lowest BCUT2D eigenvalue weighted by molar-refractivity contribution is 0.0694. The topological polar surface area (TPSA) is 20.2 Å². The average molecular weight is 212 g/mol. The van der Waals surface area contributed by atoms with Gasteiger partial charge in [0.2, 0.25) is 0 Å². The van der Waals surface area contributed by atoms with E-state index < -0.39 is 0 Å². The van der Waals surface area contributed by atoms with E-state index in [0.29, 0.717) is 11.8 Å². The summed E-state index contributed by atoms with van der Waals surface area (Å²) in [5, 5.41) is 10.2. The van der Waals surface area contributed by atoms with E-state index in [9.17, 15) is 5.11 Å². The molecular formula is C14H28O. The number of rotatable bonds is 4. The molecule has 0 aromatic carbocycles. The van der Waals surface area contributed by atoms with E-state index in [0.717, 1.165) is 6.42 Å². The van der Waals surface area contributed by atoms with Crippen molar-refractivity contribution in [3.63, 3.8) is 0 Å². The van der Waals surface area contributed by atoms with E-state index in [-0.39, 0.29) is 6.10 Å². The van der Waals surface area contributed by atoms with E-state index >= 15 is 0 Å². The molecule has 0 aliphatic heterocycles. The Morgan fingerprint density at radius 1 is 1.07 bits per heavy atom. The molecule has 0 amide bonds. The molecule has 0 heterocycles. The molecule has 1 aliphatic carbocycles. The minimum absolute atomic E-state index is 0.0296. The molecule has 0 radical (unpaired) electrons. The quantitative estimate of drug-likeness (QED) is 0.742. The molecule has 90 valence electrons. The minimum Gasteiger partial charge on any atom is -0.393 e. The molecule has 1 rings (SSSR count). The van der Waals surface area contributed by atoms with Gasteiger partial charge in [-0.2, -0.15) is 0 Å². The van der Waals surface area contributed by atoms with Crippen LogP contribution in [0.4, 0.5) is 0 Å². The highest BCUT2D eigenvalue weighted by molar-refractivity contribution is 4.73. The summed E-state index contributed by atoms with van der Waals surface area (Å²) >= 11 is 0. The first-order chi connectivity index (χ1) is 7.24. The second-order valence-corrected chi connectivity index (χ2v) is 5.42. The summed E-state index contributed by atoms with van der Waals surface area (Å²) in [4.78, 5) is 0. The molecule has 0 aromatic heterocycles. The SMILES string of the molecule is CCC(C)CC(O)C1CCCCCCC1. The first kappa shape index (κ1) is 13.0. The van der Waals surface area contributed by atoms with Gasteiger partial charge < -0.3 is 5.11 Å². The predicted octanol–water partition coefficient (Wildman–Crippen LogP) is 4.14. The van der Waals surface area contributed by atoms with Gasteiger partial charge >= 0.3 is 0 Å². The predicted molar refractivity (Wildman–Crippen MR) is 65.9 cm³/mol. The van der Waals surface area contributed by atoms with Gasteiger partial charge in [-0.25, -0.2) is 0 Å². The second kappa shape index (κ2) is 7.27. The summed E-state index contributed by atoms with van der Waals surface area (Å²) in [5.74, 6) is 1.28. The Morgan fingerprint density at radius 3 is 2.13 bits per heavy atom. The van der Waals surface area contributed by atoms with Crippen molar-refractivity contribution < 1.29 is 5.11 Å². The summed E-state index contributed by atoms with van der Waals surface area (Å²) in [6.07, 6.45) is 11.6. The van der Waals surface area contributed by atoms with Gasteiger partial charge in [0.1, 0.15) is 0 Å². The molecule has 1 N–H and O–H groups in total. The molecule has 1 heteroatoms. The van der Waals surface area contributed by atoms with Crippen LogP contribution in [0.1, 0.15) is 71.6 Å². The van der Waals surface area contributed by atoms with E-state index in [4.69, 9.17) is 0 Å². The zero-order valence-corrected chi connectivity index (χ0v) is 10.5. The Bertz CT molecular complexity index is 147. The normalized spacial score (nSPS) is 24.2. The second-order valence-electron chi connectivity index (χ2n) is 5.42. The molecule has 1 nitrogen and oxygen atoms in total. The van der Waals surface area contributed by atoms with E-state index in [2.05, 4.69) is 13.8 Å². The Morgan fingerprint density at radius 2 is 1.60 bits per heavy atom. The Balaban J connectivity index is 2.31. The standard InChI is InChI=1S/C14H28O/c1-3-12(2)11-14(15)13-9-7-5-4-6-8-10-13/h12-15H,3-11H2,1-2H3. The fourth-order valence-electron chi connectivity index (χ4n) is 2.64. The summed E-state index contributed by atoms with van der Waals surface area (Å²) in [7, 11) is 0. The fraction of sp³-hybridized carbons (Fsp3) is 1.00. The maximum absolute atomic E-state index is 10.2. The van der Waals surface area contributed by atoms with Crippen LogP contribution in [0, 0.1) is 11.8 Å². The number of hydrogen-bond acceptors (Lipinski definition) is 1. The van der Waals surface area contributed by atoms with Gasteiger partial charge in [0.05, 0.1) is 6.10 Å². The van der Waals surface area contributed by atoms with Crippen LogP contribution in [0.25, 0.3) is 0 Å². The Kier molecular flexibility index (Phi) is 6.31. The van der Waals surface area contributed by atoms with Crippen LogP contribution in [0.15, 0.2) is 0 Å². The van der Waals surface area contributed by atoms with Crippen LogP contribution >= 0.6 is 0 Å². The van der Waals surface area contributed by atoms with Crippen molar-refractivity contribution in [1.82, 2.24) is 0 Å². The maximum Gasteiger partial charge on any atom is 0.0570 e. The monoisotopic (exact) mass is 212 g/mol. The largest absolute Gasteiger partial charge is 0.393 e. The van der Waals surface area contributed by atoms with Crippen LogP contribution in [0.5, 0.6) is 0 Å². The molecule has 15 heavy (non-hydrogen) atoms. The smallest absolute Gasteiger partial charge is 0.0570 e. The number of aliphatic hydroxyl groups excluding tert-OH is 1. The Hall–Kier alpha value is -0.0400. The lowest BCUT2D eigenvalue weighted by atomic mass is 9.83. The molecule has 2 unspecified atom stereocenters. The maximum atomic E-state index is 10.2. The van der Waals surface area contributed by atoms with Crippen molar-refractivity contribution >= 4 is 0 Å². The average Bonchev–Trinajstić information content (AvgIpc) is 2.16. The summed E-state index contributed by atoms with van der Waals surface area (Å²) in [6, 6.07) is 0. The van der Waals surface area contributed by atoms with E-state index in [1.54, 1.807) is 0 Å². The third kappa shape index (κ3) is 5.01. The van der Waals surface area contributed by atoms with Crippen molar-refractivity contribution in [1.29, 1.82) is 0 Å². The molecule has 2 atom stereocenters. The third-order valence-electron chi connectivity index (χ3n) is 4.03. The summed E-state index contributed by atoms with van der Waals surface area (Å²) in [6.45, 7) is 4.47. The lowest BCUT2D eigenvalue weighted by Gasteiger charge is -2.26. The molecule has 0 bridgehead atoms. The molecule has 0 aromatic rings. The fourth-order valence-corrected chi connectivity index (χ4v) is 2.64. The zero-order valence-electron chi connectivity index (χ0n) is 10.5. The van der Waals surface area contributed by atoms with Gasteiger partial charge in [-0.1, -0.05) is 52.4 Å². The van der Waals surface area contributed by atoms with Gasteiger partial charge in [0.15, 0.2) is 0 Å². The van der Waals surface area contributed by atoms with Crippen molar-refractivity contribution in [2.45, 2.75) is 77.7 Å². The molecule has 1 fully saturated rings. The molecule has 0 saturated heterocycles. The van der Waals surface area contributed by atoms with Crippen molar-refractivity contribution in [2.24, 2.45) is 11.8 Å². The van der Waals surface area contributed by atoms with Crippen LogP contribution in [0.3, 0.4) is 0 Å². The minimum atomic E-state index is -0.0296. The van der Waals surface area contributed by atoms with Gasteiger partial charge in [-0.05, 0) is 31.1 Å². The van der Waals surface area contributed by atoms with Crippen molar-refractivity contribution in [3.05, 3.63) is 0 Å². The van der Waals surface area contributed by atoms with Crippen molar-refractivity contribution in [2.75, 3.05) is 0 Å². The highest BCUT2D eigenvalue weighted by Crippen LogP contribution is 2.28. The van der Waals surface area contributed by atoms with Crippen molar-refractivity contribution in [3.8, 4) is 0 Å².